The molecule has 0 aliphatic heterocycles. The van der Waals surface area contributed by atoms with Gasteiger partial charge in [-0.25, -0.2) is 4.79 Å². The van der Waals surface area contributed by atoms with Crippen LogP contribution in [0.15, 0.2) is 47.0 Å². The van der Waals surface area contributed by atoms with Crippen molar-refractivity contribution >= 4 is 16.7 Å². The highest BCUT2D eigenvalue weighted by Crippen LogP contribution is 2.34. The van der Waals surface area contributed by atoms with Gasteiger partial charge in [0, 0.05) is 17.0 Å². The molecule has 2 aromatic carbocycles. The zero-order valence-electron chi connectivity index (χ0n) is 12.3. The number of aromatic nitrogens is 1. The van der Waals surface area contributed by atoms with Crippen LogP contribution >= 0.6 is 0 Å². The highest BCUT2D eigenvalue weighted by molar-refractivity contribution is 5.99. The monoisotopic (exact) mass is 297 g/mol. The van der Waals surface area contributed by atoms with Crippen LogP contribution in [0.25, 0.3) is 22.1 Å². The molecule has 0 N–H and O–H groups in total. The highest BCUT2D eigenvalue weighted by atomic mass is 16.5. The fraction of sp³-hybridized carbons (Fsp3) is 0.176. The molecule has 0 bridgehead atoms. The third kappa shape index (κ3) is 2.41. The maximum Gasteiger partial charge on any atom is 0.360 e. The predicted molar refractivity (Wildman–Crippen MR) is 82.0 cm³/mol. The molecule has 22 heavy (non-hydrogen) atoms. The van der Waals surface area contributed by atoms with Gasteiger partial charge in [0.25, 0.3) is 0 Å². The van der Waals surface area contributed by atoms with Crippen molar-refractivity contribution < 1.29 is 18.8 Å². The van der Waals surface area contributed by atoms with Crippen molar-refractivity contribution in [2.75, 3.05) is 13.7 Å². The van der Waals surface area contributed by atoms with Crippen molar-refractivity contribution in [3.8, 4) is 17.1 Å². The molecule has 0 amide bonds. The lowest BCUT2D eigenvalue weighted by molar-refractivity contribution is 0.0514. The number of ether oxygens (including phenoxy) is 2. The van der Waals surface area contributed by atoms with Crippen molar-refractivity contribution in [3.05, 3.63) is 48.2 Å². The normalized spacial score (nSPS) is 10.6. The van der Waals surface area contributed by atoms with Crippen molar-refractivity contribution in [2.45, 2.75) is 6.92 Å². The molecule has 0 fully saturated rings. The van der Waals surface area contributed by atoms with Gasteiger partial charge < -0.3 is 14.0 Å². The van der Waals surface area contributed by atoms with E-state index in [4.69, 9.17) is 14.0 Å². The van der Waals surface area contributed by atoms with E-state index in [9.17, 15) is 4.79 Å². The van der Waals surface area contributed by atoms with Gasteiger partial charge in [0.05, 0.1) is 13.7 Å². The van der Waals surface area contributed by atoms with E-state index in [1.807, 2.05) is 36.4 Å². The Labute approximate surface area is 127 Å². The molecule has 3 rings (SSSR count). The van der Waals surface area contributed by atoms with Gasteiger partial charge in [-0.1, -0.05) is 29.4 Å². The van der Waals surface area contributed by atoms with Gasteiger partial charge in [-0.15, -0.1) is 0 Å². The predicted octanol–water partition coefficient (Wildman–Crippen LogP) is 3.68. The Morgan fingerprint density at radius 3 is 2.68 bits per heavy atom. The molecule has 1 heterocycles. The summed E-state index contributed by atoms with van der Waals surface area (Å²) < 4.78 is 15.6. The van der Waals surface area contributed by atoms with E-state index < -0.39 is 5.97 Å². The number of benzene rings is 2. The van der Waals surface area contributed by atoms with Crippen LogP contribution in [0.2, 0.25) is 0 Å². The zero-order chi connectivity index (χ0) is 15.5. The minimum absolute atomic E-state index is 0.164. The van der Waals surface area contributed by atoms with Crippen LogP contribution in [0.1, 0.15) is 17.4 Å². The molecule has 0 saturated carbocycles. The molecular weight excluding hydrogens is 282 g/mol. The van der Waals surface area contributed by atoms with Crippen LogP contribution < -0.4 is 4.74 Å². The molecule has 0 unspecified atom stereocenters. The van der Waals surface area contributed by atoms with Crippen LogP contribution in [0.4, 0.5) is 0 Å². The highest BCUT2D eigenvalue weighted by Gasteiger charge is 2.16. The molecule has 1 aromatic heterocycles. The third-order valence-corrected chi connectivity index (χ3v) is 3.36. The first-order chi connectivity index (χ1) is 10.7. The molecule has 0 aliphatic rings. The summed E-state index contributed by atoms with van der Waals surface area (Å²) in [5, 5.41) is 5.71. The zero-order valence-corrected chi connectivity index (χ0v) is 12.3. The van der Waals surface area contributed by atoms with Crippen LogP contribution in [0, 0.1) is 0 Å². The summed E-state index contributed by atoms with van der Waals surface area (Å²) in [6.45, 7) is 2.04. The Hall–Kier alpha value is -2.82. The number of methoxy groups -OCH3 is 1. The molecule has 5 nitrogen and oxygen atoms in total. The number of nitrogens with zero attached hydrogens (tertiary/aromatic N) is 1. The molecule has 0 spiro atoms. The van der Waals surface area contributed by atoms with E-state index >= 15 is 0 Å². The van der Waals surface area contributed by atoms with E-state index in [0.717, 1.165) is 22.1 Å². The maximum atomic E-state index is 11.7. The van der Waals surface area contributed by atoms with Crippen LogP contribution in [-0.2, 0) is 4.74 Å². The van der Waals surface area contributed by atoms with Gasteiger partial charge in [-0.2, -0.15) is 0 Å². The molecule has 112 valence electrons. The lowest BCUT2D eigenvalue weighted by Gasteiger charge is -2.08. The summed E-state index contributed by atoms with van der Waals surface area (Å²) >= 11 is 0. The van der Waals surface area contributed by atoms with Crippen LogP contribution in [-0.4, -0.2) is 24.8 Å². The second-order valence-electron chi connectivity index (χ2n) is 4.66. The number of carbonyl (C=O) groups is 1. The van der Waals surface area contributed by atoms with Crippen LogP contribution in [0.5, 0.6) is 5.75 Å². The Bertz CT molecular complexity index is 822. The minimum Gasteiger partial charge on any atom is -0.496 e. The van der Waals surface area contributed by atoms with Crippen molar-refractivity contribution in [2.24, 2.45) is 0 Å². The average Bonchev–Trinajstić information content (AvgIpc) is 3.04. The average molecular weight is 297 g/mol. The van der Waals surface area contributed by atoms with Crippen molar-refractivity contribution in [3.63, 3.8) is 0 Å². The van der Waals surface area contributed by atoms with E-state index in [-0.39, 0.29) is 5.69 Å². The molecule has 0 aliphatic carbocycles. The standard InChI is InChI=1S/C17H15NO4/c1-3-21-17(19)14-10-16(22-18-14)13-8-9-15(20-2)12-7-5-4-6-11(12)13/h4-10H,3H2,1-2H3. The molecular formula is C17H15NO4. The fourth-order valence-corrected chi connectivity index (χ4v) is 2.37. The summed E-state index contributed by atoms with van der Waals surface area (Å²) in [4.78, 5) is 11.7. The van der Waals surface area contributed by atoms with Gasteiger partial charge in [0.15, 0.2) is 11.5 Å². The maximum absolute atomic E-state index is 11.7. The first-order valence-electron chi connectivity index (χ1n) is 6.94. The first-order valence-corrected chi connectivity index (χ1v) is 6.94. The van der Waals surface area contributed by atoms with Gasteiger partial charge >= 0.3 is 5.97 Å². The summed E-state index contributed by atoms with van der Waals surface area (Å²) in [5.41, 5.74) is 1.01. The Kier molecular flexibility index (Phi) is 3.78. The van der Waals surface area contributed by atoms with Gasteiger partial charge in [0.2, 0.25) is 0 Å². The third-order valence-electron chi connectivity index (χ3n) is 3.36. The Morgan fingerprint density at radius 2 is 1.95 bits per heavy atom. The van der Waals surface area contributed by atoms with E-state index in [1.54, 1.807) is 20.1 Å². The van der Waals surface area contributed by atoms with Gasteiger partial charge in [0.1, 0.15) is 5.75 Å². The Morgan fingerprint density at radius 1 is 1.18 bits per heavy atom. The smallest absolute Gasteiger partial charge is 0.360 e. The van der Waals surface area contributed by atoms with Crippen LogP contribution in [0.3, 0.4) is 0 Å². The number of esters is 1. The molecule has 0 atom stereocenters. The second-order valence-corrected chi connectivity index (χ2v) is 4.66. The summed E-state index contributed by atoms with van der Waals surface area (Å²) in [7, 11) is 1.63. The summed E-state index contributed by atoms with van der Waals surface area (Å²) in [6.07, 6.45) is 0. The topological polar surface area (TPSA) is 61.6 Å². The fourth-order valence-electron chi connectivity index (χ4n) is 2.37. The molecule has 0 saturated heterocycles. The SMILES string of the molecule is CCOC(=O)c1cc(-c2ccc(OC)c3ccccc23)on1. The van der Waals surface area contributed by atoms with E-state index in [1.165, 1.54) is 0 Å². The number of rotatable bonds is 4. The molecule has 3 aromatic rings. The van der Waals surface area contributed by atoms with Crippen molar-refractivity contribution in [1.82, 2.24) is 5.16 Å². The largest absolute Gasteiger partial charge is 0.496 e. The first kappa shape index (κ1) is 14.1. The number of carbonyl (C=O) groups excluding carboxylic acids is 1. The number of hydrogen-bond donors (Lipinski definition) is 0. The lowest BCUT2D eigenvalue weighted by atomic mass is 10.0. The van der Waals surface area contributed by atoms with Crippen molar-refractivity contribution in [1.29, 1.82) is 0 Å². The van der Waals surface area contributed by atoms with Gasteiger partial charge in [-0.3, -0.25) is 0 Å². The molecule has 0 radical (unpaired) electrons. The second kappa shape index (κ2) is 5.89. The summed E-state index contributed by atoms with van der Waals surface area (Å²) in [6, 6.07) is 13.2. The quantitative estimate of drug-likeness (QED) is 0.687. The number of fused-ring (bicyclic) bond motifs is 1. The van der Waals surface area contributed by atoms with E-state index in [2.05, 4.69) is 5.16 Å². The molecule has 5 heteroatoms. The number of hydrogen-bond acceptors (Lipinski definition) is 5. The minimum atomic E-state index is -0.490. The Balaban J connectivity index is 2.09. The van der Waals surface area contributed by atoms with Gasteiger partial charge in [-0.05, 0) is 24.4 Å². The lowest BCUT2D eigenvalue weighted by Crippen LogP contribution is -2.04. The summed E-state index contributed by atoms with van der Waals surface area (Å²) in [5.74, 6) is 0.807. The van der Waals surface area contributed by atoms with E-state index in [0.29, 0.717) is 12.4 Å².